The maximum atomic E-state index is 13.0. The predicted octanol–water partition coefficient (Wildman–Crippen LogP) is 2.49. The number of aromatic nitrogens is 4. The zero-order valence-corrected chi connectivity index (χ0v) is 15.6. The van der Waals surface area contributed by atoms with Crippen LogP contribution in [0.2, 0.25) is 0 Å². The molecule has 7 nitrogen and oxygen atoms in total. The van der Waals surface area contributed by atoms with Crippen LogP contribution in [0.4, 0.5) is 21.8 Å². The fourth-order valence-corrected chi connectivity index (χ4v) is 4.04. The first-order valence-electron chi connectivity index (χ1n) is 9.75. The topological polar surface area (TPSA) is 61.3 Å². The lowest BCUT2D eigenvalue weighted by Gasteiger charge is -2.36. The Bertz CT molecular complexity index is 964. The summed E-state index contributed by atoms with van der Waals surface area (Å²) in [5.74, 6) is 1.22. The zero-order valence-electron chi connectivity index (χ0n) is 15.6. The van der Waals surface area contributed by atoms with E-state index >= 15 is 0 Å². The summed E-state index contributed by atoms with van der Waals surface area (Å²) in [6, 6.07) is 6.43. The second kappa shape index (κ2) is 7.18. The van der Waals surface area contributed by atoms with E-state index in [2.05, 4.69) is 52.8 Å². The molecule has 28 heavy (non-hydrogen) atoms. The minimum Gasteiger partial charge on any atom is -0.368 e. The third-order valence-electron chi connectivity index (χ3n) is 5.54. The van der Waals surface area contributed by atoms with Crippen molar-refractivity contribution < 1.29 is 4.39 Å². The smallest absolute Gasteiger partial charge is 0.225 e. The highest BCUT2D eigenvalue weighted by atomic mass is 19.1. The molecule has 3 aromatic rings. The van der Waals surface area contributed by atoms with E-state index in [1.807, 2.05) is 0 Å². The van der Waals surface area contributed by atoms with E-state index in [0.29, 0.717) is 5.95 Å². The summed E-state index contributed by atoms with van der Waals surface area (Å²) in [4.78, 5) is 24.0. The van der Waals surface area contributed by atoms with Crippen molar-refractivity contribution in [2.75, 3.05) is 54.0 Å². The number of fused-ring (bicyclic) bond motifs is 1. The van der Waals surface area contributed by atoms with E-state index in [4.69, 9.17) is 0 Å². The van der Waals surface area contributed by atoms with Crippen molar-refractivity contribution in [3.05, 3.63) is 42.7 Å². The molecule has 0 unspecified atom stereocenters. The highest BCUT2D eigenvalue weighted by Gasteiger charge is 2.21. The Hall–Kier alpha value is -3.03. The van der Waals surface area contributed by atoms with Crippen molar-refractivity contribution in [3.8, 4) is 0 Å². The largest absolute Gasteiger partial charge is 0.368 e. The molecule has 2 fully saturated rings. The summed E-state index contributed by atoms with van der Waals surface area (Å²) >= 11 is 0. The molecule has 0 bridgehead atoms. The first-order valence-corrected chi connectivity index (χ1v) is 9.75. The first kappa shape index (κ1) is 17.1. The number of hydrogen-bond acceptors (Lipinski definition) is 7. The van der Waals surface area contributed by atoms with Gasteiger partial charge in [-0.15, -0.1) is 0 Å². The fourth-order valence-electron chi connectivity index (χ4n) is 4.04. The van der Waals surface area contributed by atoms with Crippen LogP contribution in [-0.2, 0) is 0 Å². The van der Waals surface area contributed by atoms with Crippen molar-refractivity contribution in [2.45, 2.75) is 12.8 Å². The molecule has 0 N–H and O–H groups in total. The highest BCUT2D eigenvalue weighted by molar-refractivity contribution is 5.92. The molecule has 2 aromatic heterocycles. The van der Waals surface area contributed by atoms with E-state index in [-0.39, 0.29) is 0 Å². The van der Waals surface area contributed by atoms with Gasteiger partial charge in [-0.05, 0) is 31.0 Å². The maximum absolute atomic E-state index is 13.0. The summed E-state index contributed by atoms with van der Waals surface area (Å²) in [5, 5.41) is 1.12. The zero-order chi connectivity index (χ0) is 18.9. The maximum Gasteiger partial charge on any atom is 0.225 e. The van der Waals surface area contributed by atoms with Crippen molar-refractivity contribution in [3.63, 3.8) is 0 Å². The Balaban J connectivity index is 1.36. The van der Waals surface area contributed by atoms with Crippen molar-refractivity contribution in [2.24, 2.45) is 0 Å². The predicted molar refractivity (Wildman–Crippen MR) is 107 cm³/mol. The van der Waals surface area contributed by atoms with Gasteiger partial charge in [0.05, 0.1) is 17.9 Å². The van der Waals surface area contributed by atoms with Gasteiger partial charge in [-0.1, -0.05) is 0 Å². The molecular formula is C20H22FN7. The number of rotatable bonds is 3. The summed E-state index contributed by atoms with van der Waals surface area (Å²) in [6.07, 6.45) is 6.55. The Labute approximate surface area is 162 Å². The van der Waals surface area contributed by atoms with Crippen LogP contribution in [0, 0.1) is 5.82 Å². The first-order chi connectivity index (χ1) is 13.8. The molecule has 144 valence electrons. The van der Waals surface area contributed by atoms with Crippen molar-refractivity contribution in [1.29, 1.82) is 0 Å². The molecule has 2 aliphatic heterocycles. The Morgan fingerprint density at radius 1 is 0.750 bits per heavy atom. The van der Waals surface area contributed by atoms with Crippen LogP contribution in [0.15, 0.2) is 36.9 Å². The Morgan fingerprint density at radius 3 is 2.21 bits per heavy atom. The fraction of sp³-hybridized carbons (Fsp3) is 0.400. The third-order valence-corrected chi connectivity index (χ3v) is 5.54. The van der Waals surface area contributed by atoms with Gasteiger partial charge in [0.2, 0.25) is 5.95 Å². The van der Waals surface area contributed by atoms with Gasteiger partial charge in [0.1, 0.15) is 12.1 Å². The summed E-state index contributed by atoms with van der Waals surface area (Å²) in [7, 11) is 0. The summed E-state index contributed by atoms with van der Waals surface area (Å²) in [6.45, 7) is 5.44. The van der Waals surface area contributed by atoms with Crippen molar-refractivity contribution in [1.82, 2.24) is 19.9 Å². The molecule has 0 aliphatic carbocycles. The van der Waals surface area contributed by atoms with Gasteiger partial charge in [0, 0.05) is 50.3 Å². The van der Waals surface area contributed by atoms with E-state index < -0.39 is 5.82 Å². The van der Waals surface area contributed by atoms with Gasteiger partial charge in [-0.3, -0.25) is 0 Å². The van der Waals surface area contributed by atoms with Gasteiger partial charge in [-0.2, -0.15) is 0 Å². The number of benzene rings is 1. The van der Waals surface area contributed by atoms with Gasteiger partial charge in [-0.25, -0.2) is 24.3 Å². The molecule has 0 saturated carbocycles. The lowest BCUT2D eigenvalue weighted by Crippen LogP contribution is -2.47. The minimum atomic E-state index is -0.408. The van der Waals surface area contributed by atoms with Gasteiger partial charge in [0.15, 0.2) is 5.82 Å². The lowest BCUT2D eigenvalue weighted by atomic mass is 10.1. The summed E-state index contributed by atoms with van der Waals surface area (Å²) < 4.78 is 13.0. The van der Waals surface area contributed by atoms with Gasteiger partial charge in [0.25, 0.3) is 0 Å². The Morgan fingerprint density at radius 2 is 1.46 bits per heavy atom. The standard InChI is InChI=1S/C20H22FN7/c21-15-12-22-20(23-13-15)28-9-7-26(8-10-28)16-3-4-18-17(11-16)19(25-14-24-18)27-5-1-2-6-27/h3-4,11-14H,1-2,5-10H2. The molecule has 0 spiro atoms. The molecule has 0 amide bonds. The molecule has 2 saturated heterocycles. The average Bonchev–Trinajstić information content (AvgIpc) is 3.28. The van der Waals surface area contributed by atoms with Crippen LogP contribution in [0.25, 0.3) is 10.9 Å². The highest BCUT2D eigenvalue weighted by Crippen LogP contribution is 2.30. The SMILES string of the molecule is Fc1cnc(N2CCN(c3ccc4ncnc(N5CCCC5)c4c3)CC2)nc1. The minimum absolute atomic E-state index is 0.408. The molecule has 0 atom stereocenters. The molecule has 0 radical (unpaired) electrons. The molecular weight excluding hydrogens is 357 g/mol. The number of hydrogen-bond donors (Lipinski definition) is 0. The van der Waals surface area contributed by atoms with Crippen molar-refractivity contribution >= 4 is 28.4 Å². The molecule has 2 aliphatic rings. The number of nitrogens with zero attached hydrogens (tertiary/aromatic N) is 7. The number of anilines is 3. The third kappa shape index (κ3) is 3.19. The van der Waals surface area contributed by atoms with Crippen LogP contribution in [-0.4, -0.2) is 59.2 Å². The van der Waals surface area contributed by atoms with Crippen LogP contribution in [0.3, 0.4) is 0 Å². The van der Waals surface area contributed by atoms with Crippen LogP contribution in [0.5, 0.6) is 0 Å². The van der Waals surface area contributed by atoms with Crippen LogP contribution >= 0.6 is 0 Å². The molecule has 4 heterocycles. The monoisotopic (exact) mass is 379 g/mol. The van der Waals surface area contributed by atoms with E-state index in [0.717, 1.165) is 56.0 Å². The second-order valence-electron chi connectivity index (χ2n) is 7.27. The molecule has 8 heteroatoms. The average molecular weight is 379 g/mol. The van der Waals surface area contributed by atoms with Crippen LogP contribution < -0.4 is 14.7 Å². The van der Waals surface area contributed by atoms with Gasteiger partial charge < -0.3 is 14.7 Å². The number of piperazine rings is 1. The van der Waals surface area contributed by atoms with E-state index in [1.165, 1.54) is 30.9 Å². The summed E-state index contributed by atoms with van der Waals surface area (Å²) in [5.41, 5.74) is 2.17. The van der Waals surface area contributed by atoms with E-state index in [1.54, 1.807) is 6.33 Å². The van der Waals surface area contributed by atoms with Crippen LogP contribution in [0.1, 0.15) is 12.8 Å². The molecule has 1 aromatic carbocycles. The normalized spacial score (nSPS) is 17.5. The number of halogens is 1. The quantitative estimate of drug-likeness (QED) is 0.693. The van der Waals surface area contributed by atoms with E-state index in [9.17, 15) is 4.39 Å². The Kier molecular flexibility index (Phi) is 4.38. The van der Waals surface area contributed by atoms with Gasteiger partial charge >= 0.3 is 0 Å². The molecule has 5 rings (SSSR count). The lowest BCUT2D eigenvalue weighted by molar-refractivity contribution is 0.602. The second-order valence-corrected chi connectivity index (χ2v) is 7.27.